The monoisotopic (exact) mass is 455 g/mol. The molecule has 3 aromatic rings. The number of azo groups is 1. The van der Waals surface area contributed by atoms with Gasteiger partial charge in [0.05, 0.1) is 28.6 Å². The molecule has 170 valence electrons. The predicted molar refractivity (Wildman–Crippen MR) is 124 cm³/mol. The van der Waals surface area contributed by atoms with Gasteiger partial charge in [-0.25, -0.2) is 9.59 Å². The molecule has 0 aliphatic heterocycles. The summed E-state index contributed by atoms with van der Waals surface area (Å²) in [6.45, 7) is 5.34. The summed E-state index contributed by atoms with van der Waals surface area (Å²) in [5.74, 6) is -0.0973. The normalized spacial score (nSPS) is 10.4. The average molecular weight is 455 g/mol. The van der Waals surface area contributed by atoms with E-state index in [4.69, 9.17) is 19.5 Å². The summed E-state index contributed by atoms with van der Waals surface area (Å²) >= 11 is 0. The van der Waals surface area contributed by atoms with Crippen LogP contribution in [0.25, 0.3) is 0 Å². The second-order valence-corrected chi connectivity index (χ2v) is 7.03. The molecule has 0 fully saturated rings. The van der Waals surface area contributed by atoms with Gasteiger partial charge < -0.3 is 14.2 Å². The summed E-state index contributed by atoms with van der Waals surface area (Å²) in [4.78, 5) is 23.7. The minimum Gasteiger partial charge on any atom is -0.490 e. The van der Waals surface area contributed by atoms with Gasteiger partial charge in [-0.05, 0) is 79.7 Å². The van der Waals surface area contributed by atoms with E-state index in [2.05, 4.69) is 16.8 Å². The lowest BCUT2D eigenvalue weighted by molar-refractivity contribution is -0.139. The molecule has 0 N–H and O–H groups in total. The van der Waals surface area contributed by atoms with Gasteiger partial charge in [-0.3, -0.25) is 0 Å². The second kappa shape index (κ2) is 11.7. The second-order valence-electron chi connectivity index (χ2n) is 7.03. The summed E-state index contributed by atoms with van der Waals surface area (Å²) in [5, 5.41) is 17.1. The fourth-order valence-corrected chi connectivity index (χ4v) is 2.57. The standard InChI is InChI=1S/C26H21N3O5/c1-18(2)25(30)33-16-15-32-23-11-5-20(6-12-23)26(31)34-24-13-9-22(10-14-24)29-28-21-7-3-19(17-27)4-8-21/h3-14H,1,15-16H2,2H3. The Hall–Kier alpha value is -4.77. The Bertz CT molecular complexity index is 1230. The minimum atomic E-state index is -0.520. The van der Waals surface area contributed by atoms with Crippen molar-refractivity contribution in [2.75, 3.05) is 13.2 Å². The molecule has 0 heterocycles. The molecular formula is C26H21N3O5. The van der Waals surface area contributed by atoms with Crippen LogP contribution in [-0.4, -0.2) is 25.2 Å². The highest BCUT2D eigenvalue weighted by atomic mass is 16.6. The summed E-state index contributed by atoms with van der Waals surface area (Å²) < 4.78 is 15.8. The first-order chi connectivity index (χ1) is 16.4. The van der Waals surface area contributed by atoms with E-state index in [1.165, 1.54) is 0 Å². The van der Waals surface area contributed by atoms with E-state index in [-0.39, 0.29) is 13.2 Å². The van der Waals surface area contributed by atoms with Gasteiger partial charge in [-0.15, -0.1) is 0 Å². The summed E-state index contributed by atoms with van der Waals surface area (Å²) in [6, 6.07) is 21.8. The zero-order valence-corrected chi connectivity index (χ0v) is 18.4. The fraction of sp³-hybridized carbons (Fsp3) is 0.115. The first-order valence-corrected chi connectivity index (χ1v) is 10.2. The van der Waals surface area contributed by atoms with E-state index in [1.54, 1.807) is 79.7 Å². The van der Waals surface area contributed by atoms with Crippen LogP contribution in [0, 0.1) is 11.3 Å². The topological polar surface area (TPSA) is 110 Å². The van der Waals surface area contributed by atoms with Gasteiger partial charge in [0.15, 0.2) is 0 Å². The minimum absolute atomic E-state index is 0.0958. The van der Waals surface area contributed by atoms with E-state index in [9.17, 15) is 9.59 Å². The number of benzene rings is 3. The van der Waals surface area contributed by atoms with Gasteiger partial charge in [0.1, 0.15) is 24.7 Å². The smallest absolute Gasteiger partial charge is 0.343 e. The third-order valence-electron chi connectivity index (χ3n) is 4.35. The van der Waals surface area contributed by atoms with Gasteiger partial charge in [0.25, 0.3) is 0 Å². The summed E-state index contributed by atoms with van der Waals surface area (Å²) in [7, 11) is 0. The summed E-state index contributed by atoms with van der Waals surface area (Å²) in [5.41, 5.74) is 2.43. The fourth-order valence-electron chi connectivity index (χ4n) is 2.57. The number of esters is 2. The maximum absolute atomic E-state index is 12.4. The van der Waals surface area contributed by atoms with E-state index < -0.39 is 11.9 Å². The van der Waals surface area contributed by atoms with Crippen LogP contribution < -0.4 is 9.47 Å². The number of hydrogen-bond acceptors (Lipinski definition) is 8. The highest BCUT2D eigenvalue weighted by molar-refractivity contribution is 5.91. The van der Waals surface area contributed by atoms with Gasteiger partial charge >= 0.3 is 11.9 Å². The molecule has 0 aliphatic rings. The largest absolute Gasteiger partial charge is 0.490 e. The van der Waals surface area contributed by atoms with Crippen LogP contribution in [0.5, 0.6) is 11.5 Å². The van der Waals surface area contributed by atoms with Gasteiger partial charge in [0.2, 0.25) is 0 Å². The average Bonchev–Trinajstić information content (AvgIpc) is 2.86. The summed E-state index contributed by atoms with van der Waals surface area (Å²) in [6.07, 6.45) is 0. The highest BCUT2D eigenvalue weighted by Gasteiger charge is 2.09. The number of rotatable bonds is 9. The van der Waals surface area contributed by atoms with Crippen molar-refractivity contribution in [2.24, 2.45) is 10.2 Å². The molecule has 0 aromatic heterocycles. The zero-order chi connectivity index (χ0) is 24.3. The van der Waals surface area contributed by atoms with Crippen molar-refractivity contribution in [2.45, 2.75) is 6.92 Å². The highest BCUT2D eigenvalue weighted by Crippen LogP contribution is 2.22. The Kier molecular flexibility index (Phi) is 8.25. The van der Waals surface area contributed by atoms with Gasteiger partial charge in [-0.1, -0.05) is 6.58 Å². The zero-order valence-electron chi connectivity index (χ0n) is 18.4. The first-order valence-electron chi connectivity index (χ1n) is 10.2. The molecule has 0 saturated heterocycles. The van der Waals surface area contributed by atoms with E-state index in [1.807, 2.05) is 6.07 Å². The molecule has 0 saturated carbocycles. The predicted octanol–water partition coefficient (Wildman–Crippen LogP) is 5.69. The van der Waals surface area contributed by atoms with Crippen molar-refractivity contribution in [3.8, 4) is 17.6 Å². The van der Waals surface area contributed by atoms with Crippen molar-refractivity contribution in [3.63, 3.8) is 0 Å². The third-order valence-corrected chi connectivity index (χ3v) is 4.35. The van der Waals surface area contributed by atoms with Crippen LogP contribution >= 0.6 is 0 Å². The van der Waals surface area contributed by atoms with Crippen molar-refractivity contribution in [3.05, 3.63) is 96.1 Å². The maximum Gasteiger partial charge on any atom is 0.343 e. The Labute approximate surface area is 196 Å². The van der Waals surface area contributed by atoms with Crippen LogP contribution in [0.3, 0.4) is 0 Å². The molecule has 0 aliphatic carbocycles. The van der Waals surface area contributed by atoms with Crippen molar-refractivity contribution in [1.82, 2.24) is 0 Å². The van der Waals surface area contributed by atoms with Crippen molar-refractivity contribution in [1.29, 1.82) is 5.26 Å². The molecule has 0 bridgehead atoms. The lowest BCUT2D eigenvalue weighted by Crippen LogP contribution is -2.12. The molecule has 3 aromatic carbocycles. The molecular weight excluding hydrogens is 434 g/mol. The molecule has 0 spiro atoms. The number of ether oxygens (including phenoxy) is 3. The lowest BCUT2D eigenvalue weighted by Gasteiger charge is -2.08. The van der Waals surface area contributed by atoms with Crippen LogP contribution in [0.15, 0.2) is 95.2 Å². The van der Waals surface area contributed by atoms with Gasteiger partial charge in [0, 0.05) is 5.57 Å². The SMILES string of the molecule is C=C(C)C(=O)OCCOc1ccc(C(=O)Oc2ccc(N=Nc3ccc(C#N)cc3)cc2)cc1. The quantitative estimate of drug-likeness (QED) is 0.135. The van der Waals surface area contributed by atoms with E-state index in [0.717, 1.165) is 0 Å². The molecule has 34 heavy (non-hydrogen) atoms. The third kappa shape index (κ3) is 7.14. The molecule has 8 heteroatoms. The molecule has 8 nitrogen and oxygen atoms in total. The maximum atomic E-state index is 12.4. The van der Waals surface area contributed by atoms with Crippen LogP contribution in [0.1, 0.15) is 22.8 Å². The van der Waals surface area contributed by atoms with Crippen LogP contribution in [0.4, 0.5) is 11.4 Å². The Morgan fingerprint density at radius 1 is 0.853 bits per heavy atom. The van der Waals surface area contributed by atoms with Crippen LogP contribution in [-0.2, 0) is 9.53 Å². The van der Waals surface area contributed by atoms with E-state index >= 15 is 0 Å². The number of nitrogens with zero attached hydrogens (tertiary/aromatic N) is 3. The Morgan fingerprint density at radius 2 is 1.41 bits per heavy atom. The number of carbonyl (C=O) groups is 2. The van der Waals surface area contributed by atoms with Gasteiger partial charge in [-0.2, -0.15) is 15.5 Å². The van der Waals surface area contributed by atoms with Crippen molar-refractivity contribution >= 4 is 23.3 Å². The van der Waals surface area contributed by atoms with E-state index in [0.29, 0.717) is 39.6 Å². The molecule has 0 unspecified atom stereocenters. The number of hydrogen-bond donors (Lipinski definition) is 0. The van der Waals surface area contributed by atoms with Crippen LogP contribution in [0.2, 0.25) is 0 Å². The Morgan fingerprint density at radius 3 is 1.97 bits per heavy atom. The molecule has 0 amide bonds. The molecule has 0 atom stereocenters. The number of carbonyl (C=O) groups excluding carboxylic acids is 2. The molecule has 0 radical (unpaired) electrons. The Balaban J connectivity index is 1.49. The molecule has 3 rings (SSSR count). The first kappa shape index (κ1) is 23.9. The number of nitriles is 1. The lowest BCUT2D eigenvalue weighted by atomic mass is 10.2. The van der Waals surface area contributed by atoms with Crippen molar-refractivity contribution < 1.29 is 23.8 Å².